The molecule has 0 N–H and O–H groups in total. The van der Waals surface area contributed by atoms with Crippen molar-refractivity contribution in [2.45, 2.75) is 37.5 Å². The number of aromatic nitrogens is 5. The van der Waals surface area contributed by atoms with E-state index in [2.05, 4.69) is 25.1 Å². The molecular formula is C22H24ClF3N6O2S. The molecule has 8 nitrogen and oxygen atoms in total. The Morgan fingerprint density at radius 1 is 1.14 bits per heavy atom. The normalized spacial score (nSPS) is 14.7. The molecule has 188 valence electrons. The van der Waals surface area contributed by atoms with E-state index in [0.717, 1.165) is 60.2 Å². The zero-order valence-corrected chi connectivity index (χ0v) is 20.8. The summed E-state index contributed by atoms with van der Waals surface area (Å²) in [6.45, 7) is 4.38. The third kappa shape index (κ3) is 5.19. The van der Waals surface area contributed by atoms with Crippen LogP contribution in [-0.4, -0.2) is 55.0 Å². The van der Waals surface area contributed by atoms with Gasteiger partial charge in [0, 0.05) is 25.9 Å². The highest BCUT2D eigenvalue weighted by Crippen LogP contribution is 2.34. The first-order chi connectivity index (χ1) is 16.3. The van der Waals surface area contributed by atoms with Gasteiger partial charge in [-0.3, -0.25) is 0 Å². The summed E-state index contributed by atoms with van der Waals surface area (Å²) in [5.41, 5.74) is 3.21. The molecule has 13 heteroatoms. The first-order valence-corrected chi connectivity index (χ1v) is 11.9. The smallest absolute Gasteiger partial charge is 0.440 e. The van der Waals surface area contributed by atoms with E-state index in [-0.39, 0.29) is 18.0 Å². The van der Waals surface area contributed by atoms with Crippen LogP contribution in [0.15, 0.2) is 32.5 Å². The first kappa shape index (κ1) is 25.5. The summed E-state index contributed by atoms with van der Waals surface area (Å²) in [7, 11) is 1.90. The fourth-order valence-corrected chi connectivity index (χ4v) is 5.05. The Balaban J connectivity index is 0.00000289. The minimum absolute atomic E-state index is 0. The second-order valence-electron chi connectivity index (χ2n) is 8.24. The highest BCUT2D eigenvalue weighted by Gasteiger charge is 2.38. The molecule has 0 fully saturated rings. The number of benzene rings is 1. The molecule has 0 amide bonds. The molecule has 0 spiro atoms. The number of hydrogen-bond acceptors (Lipinski definition) is 8. The number of fused-ring (bicyclic) bond motifs is 3. The Kier molecular flexibility index (Phi) is 7.43. The van der Waals surface area contributed by atoms with Gasteiger partial charge in [-0.2, -0.15) is 13.2 Å². The van der Waals surface area contributed by atoms with Crippen molar-refractivity contribution >= 4 is 35.3 Å². The molecule has 1 aliphatic rings. The van der Waals surface area contributed by atoms with Gasteiger partial charge in [-0.1, -0.05) is 17.8 Å². The molecule has 1 aliphatic heterocycles. The molecule has 0 saturated carbocycles. The molecule has 0 radical (unpaired) electrons. The molecule has 4 aromatic rings. The summed E-state index contributed by atoms with van der Waals surface area (Å²) in [5.74, 6) is 0.956. The summed E-state index contributed by atoms with van der Waals surface area (Å²) in [4.78, 5) is 10.2. The average Bonchev–Trinajstić information content (AvgIpc) is 3.47. The third-order valence-electron chi connectivity index (χ3n) is 6.01. The van der Waals surface area contributed by atoms with Crippen molar-refractivity contribution in [1.82, 2.24) is 29.6 Å². The van der Waals surface area contributed by atoms with Gasteiger partial charge >= 0.3 is 12.1 Å². The zero-order valence-electron chi connectivity index (χ0n) is 19.1. The summed E-state index contributed by atoms with van der Waals surface area (Å²) >= 11 is 1.63. The van der Waals surface area contributed by atoms with Crippen molar-refractivity contribution in [2.75, 3.05) is 25.4 Å². The van der Waals surface area contributed by atoms with E-state index >= 15 is 0 Å². The number of nitrogens with zero attached hydrogens (tertiary/aromatic N) is 6. The van der Waals surface area contributed by atoms with E-state index in [1.807, 2.05) is 24.6 Å². The first-order valence-electron chi connectivity index (χ1n) is 10.9. The summed E-state index contributed by atoms with van der Waals surface area (Å²) < 4.78 is 51.4. The standard InChI is InChI=1S/C22H23F3N6O2S.ClH/c1-13-18(32-12-26-13)19-28-29-21(30(19)2)34-11-3-8-31-9-6-14-4-5-16-17(15(14)7-10-31)27-20(33-16)22(23,24)25;/h4-5,12H,3,6-11H2,1-2H3;1H. The van der Waals surface area contributed by atoms with Gasteiger partial charge in [0.25, 0.3) is 0 Å². The maximum Gasteiger partial charge on any atom is 0.468 e. The van der Waals surface area contributed by atoms with Crippen LogP contribution < -0.4 is 0 Å². The zero-order chi connectivity index (χ0) is 23.9. The Morgan fingerprint density at radius 2 is 1.94 bits per heavy atom. The van der Waals surface area contributed by atoms with E-state index in [0.29, 0.717) is 23.5 Å². The van der Waals surface area contributed by atoms with Crippen LogP contribution in [0.3, 0.4) is 0 Å². The number of oxazole rings is 2. The predicted molar refractivity (Wildman–Crippen MR) is 127 cm³/mol. The van der Waals surface area contributed by atoms with Crippen LogP contribution in [0.4, 0.5) is 13.2 Å². The van der Waals surface area contributed by atoms with E-state index < -0.39 is 12.1 Å². The number of rotatable bonds is 6. The molecule has 0 unspecified atom stereocenters. The number of alkyl halides is 3. The SMILES string of the molecule is Cc1ncoc1-c1nnc(SCCCN2CCc3ccc4oc(C(F)(F)F)nc4c3CC2)n1C.Cl. The highest BCUT2D eigenvalue weighted by molar-refractivity contribution is 7.99. The molecule has 5 rings (SSSR count). The molecule has 35 heavy (non-hydrogen) atoms. The lowest BCUT2D eigenvalue weighted by Gasteiger charge is -2.19. The fraction of sp³-hybridized carbons (Fsp3) is 0.455. The molecule has 0 bridgehead atoms. The van der Waals surface area contributed by atoms with Crippen LogP contribution >= 0.6 is 24.2 Å². The van der Waals surface area contributed by atoms with Crippen LogP contribution in [0, 0.1) is 6.92 Å². The van der Waals surface area contributed by atoms with E-state index in [9.17, 15) is 13.2 Å². The van der Waals surface area contributed by atoms with Crippen LogP contribution in [0.1, 0.15) is 29.1 Å². The van der Waals surface area contributed by atoms with Crippen molar-refractivity contribution in [3.63, 3.8) is 0 Å². The highest BCUT2D eigenvalue weighted by atomic mass is 35.5. The largest absolute Gasteiger partial charge is 0.468 e. The fourth-order valence-electron chi connectivity index (χ4n) is 4.21. The Hall–Kier alpha value is -2.57. The van der Waals surface area contributed by atoms with Crippen molar-refractivity contribution in [3.8, 4) is 11.6 Å². The topological polar surface area (TPSA) is 86.0 Å². The van der Waals surface area contributed by atoms with Gasteiger partial charge in [0.15, 0.2) is 22.9 Å². The lowest BCUT2D eigenvalue weighted by Crippen LogP contribution is -2.27. The number of hydrogen-bond donors (Lipinski definition) is 0. The monoisotopic (exact) mass is 528 g/mol. The molecular weight excluding hydrogens is 505 g/mol. The van der Waals surface area contributed by atoms with Crippen LogP contribution in [0.5, 0.6) is 0 Å². The van der Waals surface area contributed by atoms with E-state index in [4.69, 9.17) is 8.83 Å². The van der Waals surface area contributed by atoms with Gasteiger partial charge in [-0.15, -0.1) is 22.6 Å². The minimum Gasteiger partial charge on any atom is -0.440 e. The van der Waals surface area contributed by atoms with Gasteiger partial charge in [-0.05, 0) is 49.9 Å². The Morgan fingerprint density at radius 3 is 2.69 bits per heavy atom. The minimum atomic E-state index is -4.59. The number of halogens is 4. The second-order valence-corrected chi connectivity index (χ2v) is 9.30. The lowest BCUT2D eigenvalue weighted by atomic mass is 10.0. The molecule has 3 aromatic heterocycles. The molecule has 1 aromatic carbocycles. The predicted octanol–water partition coefficient (Wildman–Crippen LogP) is 4.94. The van der Waals surface area contributed by atoms with E-state index in [1.54, 1.807) is 17.8 Å². The van der Waals surface area contributed by atoms with Gasteiger partial charge in [0.05, 0.1) is 5.69 Å². The number of aryl methyl sites for hydroxylation is 1. The van der Waals surface area contributed by atoms with Crippen molar-refractivity contribution < 1.29 is 22.0 Å². The third-order valence-corrected chi connectivity index (χ3v) is 7.12. The molecule has 0 aliphatic carbocycles. The number of thioether (sulfide) groups is 1. The molecule has 4 heterocycles. The van der Waals surface area contributed by atoms with Crippen molar-refractivity contribution in [3.05, 3.63) is 41.2 Å². The van der Waals surface area contributed by atoms with Crippen LogP contribution in [0.25, 0.3) is 22.7 Å². The maximum absolute atomic E-state index is 13.0. The molecule has 0 atom stereocenters. The Bertz CT molecular complexity index is 1320. The Labute approximate surface area is 209 Å². The quantitative estimate of drug-likeness (QED) is 0.257. The van der Waals surface area contributed by atoms with Gasteiger partial charge in [0.2, 0.25) is 5.82 Å². The molecule has 0 saturated heterocycles. The van der Waals surface area contributed by atoms with Crippen molar-refractivity contribution in [1.29, 1.82) is 0 Å². The van der Waals surface area contributed by atoms with Crippen molar-refractivity contribution in [2.24, 2.45) is 7.05 Å². The second kappa shape index (κ2) is 10.2. The lowest BCUT2D eigenvalue weighted by molar-refractivity contribution is -0.156. The van der Waals surface area contributed by atoms with Crippen LogP contribution in [-0.2, 0) is 26.1 Å². The van der Waals surface area contributed by atoms with E-state index in [1.165, 1.54) is 6.39 Å². The maximum atomic E-state index is 13.0. The summed E-state index contributed by atoms with van der Waals surface area (Å²) in [6.07, 6.45) is -0.823. The summed E-state index contributed by atoms with van der Waals surface area (Å²) in [5, 5.41) is 9.30. The van der Waals surface area contributed by atoms with Gasteiger partial charge in [-0.25, -0.2) is 9.97 Å². The average molecular weight is 529 g/mol. The van der Waals surface area contributed by atoms with Crippen LogP contribution in [0.2, 0.25) is 0 Å². The summed E-state index contributed by atoms with van der Waals surface area (Å²) in [6, 6.07) is 3.46. The van der Waals surface area contributed by atoms with Gasteiger partial charge < -0.3 is 18.3 Å². The van der Waals surface area contributed by atoms with Gasteiger partial charge in [0.1, 0.15) is 5.52 Å².